The van der Waals surface area contributed by atoms with Gasteiger partial charge < -0.3 is 30.7 Å². The number of phenols is 2. The van der Waals surface area contributed by atoms with Crippen molar-refractivity contribution in [3.05, 3.63) is 57.8 Å². The molecule has 2 aromatic carbocycles. The molecule has 5 heterocycles. The number of nitrogens with one attached hydrogen (secondary N) is 2. The van der Waals surface area contributed by atoms with Crippen LogP contribution in [0.5, 0.6) is 17.2 Å². The zero-order chi connectivity index (χ0) is 37.0. The summed E-state index contributed by atoms with van der Waals surface area (Å²) in [6.07, 6.45) is 12.3. The molecule has 7 atom stereocenters. The van der Waals surface area contributed by atoms with Gasteiger partial charge in [-0.1, -0.05) is 65.0 Å². The Labute approximate surface area is 300 Å². The number of ketones is 1. The van der Waals surface area contributed by atoms with E-state index < -0.39 is 29.0 Å². The zero-order valence-corrected chi connectivity index (χ0v) is 31.3. The Morgan fingerprint density at radius 2 is 1.63 bits per heavy atom. The van der Waals surface area contributed by atoms with E-state index in [0.29, 0.717) is 65.8 Å². The predicted molar refractivity (Wildman–Crippen MR) is 199 cm³/mol. The van der Waals surface area contributed by atoms with Crippen molar-refractivity contribution in [2.24, 2.45) is 39.6 Å². The van der Waals surface area contributed by atoms with Crippen molar-refractivity contribution in [2.75, 3.05) is 18.4 Å². The molecule has 1 fully saturated rings. The van der Waals surface area contributed by atoms with E-state index in [-0.39, 0.29) is 57.3 Å². The standard InChI is InChI=1S/C41H54N4O6/c1-21-12-11-14-23(3)39(50)43-33-32-31(44-41(45-32)16-18-42-19-17-41)28-29(36(33)48)35(47)27(7)37-30(28)38(49)40(8,51-37)15-10-9-13-22(2)25(5)26(6)34(46)24(4)20-21/h9-12,14,21-22,24-26,34,42,44,46-48H,13,15-20H2,1-8H3/b10-9+,12-11+,23-14-,43-33?/t21?,22-,24-,25?,26+,34?,40-/m1/s1. The third-order valence-corrected chi connectivity index (χ3v) is 12.1. The SMILES string of the molecule is C/C1=C/C=C/C(C)C[C@@H](C)C(O)[C@@H](C)C(C)[C@H](C)C/C=C/C[C@@]2(C)Oc3c(C)c(O)c4c(O)c(c5c(c4c3C2=O)NC2(CCNCC2)N=5)=NC1=O. The molecule has 0 saturated carbocycles. The lowest BCUT2D eigenvalue weighted by molar-refractivity contribution is -0.114. The number of nitrogens with zero attached hydrogens (tertiary/aromatic N) is 2. The maximum Gasteiger partial charge on any atom is 0.273 e. The molecule has 0 radical (unpaired) electrons. The normalized spacial score (nSPS) is 33.5. The average Bonchev–Trinajstić information content (AvgIpc) is 3.59. The molecule has 2 aromatic rings. The number of Topliss-reactive ketones (excluding diaryl/α,β-unsaturated/α-hetero) is 1. The molecule has 0 aromatic heterocycles. The molecule has 10 nitrogen and oxygen atoms in total. The molecule has 1 spiro atoms. The van der Waals surface area contributed by atoms with Crippen LogP contribution in [-0.4, -0.2) is 57.5 Å². The molecule has 3 unspecified atom stereocenters. The number of phenolic OH excluding ortho intramolecular Hbond substituents is 2. The fourth-order valence-electron chi connectivity index (χ4n) is 8.33. The Bertz CT molecular complexity index is 1980. The molecule has 274 valence electrons. The van der Waals surface area contributed by atoms with Crippen LogP contribution < -0.4 is 26.1 Å². The summed E-state index contributed by atoms with van der Waals surface area (Å²) in [5, 5.41) is 42.4. The fraction of sp³-hybridized carbons (Fsp3) is 0.561. The monoisotopic (exact) mass is 698 g/mol. The number of rotatable bonds is 0. The van der Waals surface area contributed by atoms with Crippen LogP contribution in [0.1, 0.15) is 96.5 Å². The quantitative estimate of drug-likeness (QED) is 0.167. The van der Waals surface area contributed by atoms with E-state index in [1.807, 2.05) is 18.2 Å². The van der Waals surface area contributed by atoms with E-state index in [4.69, 9.17) is 9.73 Å². The van der Waals surface area contributed by atoms with Crippen molar-refractivity contribution in [3.63, 3.8) is 0 Å². The van der Waals surface area contributed by atoms with E-state index in [0.717, 1.165) is 12.8 Å². The van der Waals surface area contributed by atoms with Crippen molar-refractivity contribution in [1.82, 2.24) is 5.32 Å². The van der Waals surface area contributed by atoms with Crippen LogP contribution in [-0.2, 0) is 4.79 Å². The van der Waals surface area contributed by atoms with Gasteiger partial charge in [0.2, 0.25) is 5.78 Å². The Hall–Kier alpha value is -4.02. The summed E-state index contributed by atoms with van der Waals surface area (Å²) in [6.45, 7) is 17.2. The maximum absolute atomic E-state index is 14.5. The van der Waals surface area contributed by atoms with Crippen LogP contribution in [0.2, 0.25) is 0 Å². The van der Waals surface area contributed by atoms with E-state index in [1.54, 1.807) is 26.8 Å². The average molecular weight is 699 g/mol. The summed E-state index contributed by atoms with van der Waals surface area (Å²) in [6, 6.07) is 0. The molecule has 10 heteroatoms. The first kappa shape index (κ1) is 36.8. The van der Waals surface area contributed by atoms with Crippen molar-refractivity contribution in [1.29, 1.82) is 0 Å². The number of aliphatic hydroxyl groups is 1. The number of carbonyl (C=O) groups excluding carboxylic acids is 2. The van der Waals surface area contributed by atoms with Gasteiger partial charge >= 0.3 is 0 Å². The maximum atomic E-state index is 14.5. The van der Waals surface area contributed by atoms with Gasteiger partial charge in [-0.3, -0.25) is 14.6 Å². The predicted octanol–water partition coefficient (Wildman–Crippen LogP) is 5.95. The number of amides is 1. The van der Waals surface area contributed by atoms with E-state index in [2.05, 4.69) is 56.3 Å². The van der Waals surface area contributed by atoms with Crippen LogP contribution in [0.4, 0.5) is 5.69 Å². The summed E-state index contributed by atoms with van der Waals surface area (Å²) < 4.78 is 6.46. The number of benzene rings is 2. The molecule has 5 N–H and O–H groups in total. The van der Waals surface area contributed by atoms with Crippen LogP contribution in [0.3, 0.4) is 0 Å². The fourth-order valence-corrected chi connectivity index (χ4v) is 8.33. The lowest BCUT2D eigenvalue weighted by Crippen LogP contribution is -2.44. The molecule has 7 rings (SSSR count). The molecule has 1 amide bonds. The number of carbonyl (C=O) groups is 2. The molecule has 51 heavy (non-hydrogen) atoms. The van der Waals surface area contributed by atoms with Gasteiger partial charge in [0.15, 0.2) is 11.4 Å². The van der Waals surface area contributed by atoms with E-state index in [9.17, 15) is 24.9 Å². The largest absolute Gasteiger partial charge is 0.507 e. The Kier molecular flexibility index (Phi) is 9.98. The molecule has 5 bridgehead atoms. The number of fused-ring (bicyclic) bond motifs is 13. The minimum Gasteiger partial charge on any atom is -0.507 e. The highest BCUT2D eigenvalue weighted by atomic mass is 16.5. The number of aromatic hydroxyl groups is 2. The minimum atomic E-state index is -1.25. The number of hydrogen-bond donors (Lipinski definition) is 5. The number of allylic oxidation sites excluding steroid dienone is 4. The van der Waals surface area contributed by atoms with Gasteiger partial charge in [-0.15, -0.1) is 0 Å². The first-order chi connectivity index (χ1) is 24.1. The highest BCUT2D eigenvalue weighted by Gasteiger charge is 2.48. The molecule has 5 aliphatic rings. The molecule has 5 aliphatic heterocycles. The molecular formula is C41H54N4O6. The van der Waals surface area contributed by atoms with E-state index in [1.165, 1.54) is 0 Å². The number of anilines is 1. The third-order valence-electron chi connectivity index (χ3n) is 12.1. The highest BCUT2D eigenvalue weighted by Crippen LogP contribution is 2.51. The van der Waals surface area contributed by atoms with Gasteiger partial charge in [0.1, 0.15) is 27.9 Å². The first-order valence-electron chi connectivity index (χ1n) is 18.6. The number of ether oxygens (including phenoxy) is 1. The summed E-state index contributed by atoms with van der Waals surface area (Å²) in [5.74, 6) is -0.310. The smallest absolute Gasteiger partial charge is 0.273 e. The van der Waals surface area contributed by atoms with Crippen LogP contribution in [0.25, 0.3) is 10.8 Å². The summed E-state index contributed by atoms with van der Waals surface area (Å²) in [5.41, 5.74) is -0.567. The molecule has 0 aliphatic carbocycles. The van der Waals surface area contributed by atoms with Crippen molar-refractivity contribution in [2.45, 2.75) is 105 Å². The summed E-state index contributed by atoms with van der Waals surface area (Å²) in [7, 11) is 0. The third kappa shape index (κ3) is 6.50. The van der Waals surface area contributed by atoms with Crippen LogP contribution >= 0.6 is 0 Å². The molecule has 1 saturated heterocycles. The lowest BCUT2D eigenvalue weighted by atomic mass is 9.76. The van der Waals surface area contributed by atoms with Crippen molar-refractivity contribution < 1.29 is 29.6 Å². The van der Waals surface area contributed by atoms with Gasteiger partial charge in [0, 0.05) is 35.8 Å². The Morgan fingerprint density at radius 1 is 0.922 bits per heavy atom. The highest BCUT2D eigenvalue weighted by molar-refractivity contribution is 6.22. The Morgan fingerprint density at radius 3 is 2.33 bits per heavy atom. The summed E-state index contributed by atoms with van der Waals surface area (Å²) >= 11 is 0. The Balaban J connectivity index is 1.55. The first-order valence-corrected chi connectivity index (χ1v) is 18.6. The second-order valence-electron chi connectivity index (χ2n) is 16.0. The van der Waals surface area contributed by atoms with Crippen LogP contribution in [0.15, 0.2) is 45.9 Å². The van der Waals surface area contributed by atoms with Gasteiger partial charge in [-0.05, 0) is 76.3 Å². The second-order valence-corrected chi connectivity index (χ2v) is 16.0. The van der Waals surface area contributed by atoms with E-state index >= 15 is 0 Å². The minimum absolute atomic E-state index is 0.0417. The topological polar surface area (TPSA) is 153 Å². The zero-order valence-electron chi connectivity index (χ0n) is 31.3. The van der Waals surface area contributed by atoms with Crippen LogP contribution in [0, 0.1) is 36.5 Å². The van der Waals surface area contributed by atoms with Crippen molar-refractivity contribution in [3.8, 4) is 17.2 Å². The van der Waals surface area contributed by atoms with Gasteiger partial charge in [0.25, 0.3) is 5.91 Å². The number of hydrogen-bond acceptors (Lipinski definition) is 9. The lowest BCUT2D eigenvalue weighted by Gasteiger charge is -2.33. The number of aliphatic hydroxyl groups excluding tert-OH is 1. The van der Waals surface area contributed by atoms with Gasteiger partial charge in [-0.25, -0.2) is 4.99 Å². The summed E-state index contributed by atoms with van der Waals surface area (Å²) in [4.78, 5) is 37.6. The van der Waals surface area contributed by atoms with Gasteiger partial charge in [0.05, 0.1) is 22.7 Å². The second kappa shape index (κ2) is 13.8. The number of piperidine rings is 1. The van der Waals surface area contributed by atoms with Gasteiger partial charge in [-0.2, -0.15) is 0 Å². The van der Waals surface area contributed by atoms with Crippen molar-refractivity contribution >= 4 is 28.2 Å². The molecular weight excluding hydrogens is 644 g/mol.